The highest BCUT2D eigenvalue weighted by Crippen LogP contribution is 2.27. The van der Waals surface area contributed by atoms with Crippen molar-refractivity contribution in [2.45, 2.75) is 18.4 Å². The Morgan fingerprint density at radius 3 is 2.59 bits per heavy atom. The minimum absolute atomic E-state index is 0.222. The van der Waals surface area contributed by atoms with Gasteiger partial charge in [0.25, 0.3) is 0 Å². The Balaban J connectivity index is 1.34. The molecule has 0 heterocycles. The highest BCUT2D eigenvalue weighted by molar-refractivity contribution is 8.00. The summed E-state index contributed by atoms with van der Waals surface area (Å²) in [7, 11) is 0. The Kier molecular flexibility index (Phi) is 9.18. The van der Waals surface area contributed by atoms with Gasteiger partial charge in [-0.05, 0) is 59.7 Å². The van der Waals surface area contributed by atoms with Crippen LogP contribution in [0, 0.1) is 0 Å². The highest BCUT2D eigenvalue weighted by atomic mass is 35.5. The first kappa shape index (κ1) is 26.3. The number of ether oxygens (including phenoxy) is 2. The van der Waals surface area contributed by atoms with Crippen molar-refractivity contribution in [1.29, 1.82) is 0 Å². The van der Waals surface area contributed by atoms with Crippen molar-refractivity contribution in [2.75, 3.05) is 12.4 Å². The number of carbonyl (C=O) groups is 2. The van der Waals surface area contributed by atoms with Crippen LogP contribution in [0.15, 0.2) is 94.9 Å². The van der Waals surface area contributed by atoms with Gasteiger partial charge in [0, 0.05) is 15.5 Å². The van der Waals surface area contributed by atoms with Crippen molar-refractivity contribution < 1.29 is 19.1 Å². The zero-order valence-corrected chi connectivity index (χ0v) is 21.7. The average Bonchev–Trinajstić information content (AvgIpc) is 2.92. The zero-order chi connectivity index (χ0) is 26.0. The Morgan fingerprint density at radius 1 is 1.00 bits per heavy atom. The molecule has 0 saturated heterocycles. The third kappa shape index (κ3) is 7.35. The molecule has 8 heteroatoms. The van der Waals surface area contributed by atoms with E-state index in [0.717, 1.165) is 21.2 Å². The molecule has 0 radical (unpaired) electrons. The maximum absolute atomic E-state index is 12.4. The molecule has 188 valence electrons. The highest BCUT2D eigenvalue weighted by Gasteiger charge is 2.08. The summed E-state index contributed by atoms with van der Waals surface area (Å²) >= 11 is 7.62. The van der Waals surface area contributed by atoms with Crippen LogP contribution in [-0.4, -0.2) is 30.5 Å². The predicted molar refractivity (Wildman–Crippen MR) is 149 cm³/mol. The molecule has 0 aliphatic carbocycles. The Labute approximate surface area is 224 Å². The summed E-state index contributed by atoms with van der Waals surface area (Å²) < 4.78 is 11.0. The largest absolute Gasteiger partial charge is 0.488 e. The van der Waals surface area contributed by atoms with Gasteiger partial charge in [-0.25, -0.2) is 10.2 Å². The fraction of sp³-hybridized carbons (Fsp3) is 0.138. The quantitative estimate of drug-likeness (QED) is 0.109. The van der Waals surface area contributed by atoms with Gasteiger partial charge in [-0.1, -0.05) is 60.1 Å². The number of hydrazone groups is 1. The SMILES string of the molecule is CCOC(=O)c1ccc(COc2ccc(Cl)cc2C=NNC(=O)CSc2cccc3ccccc23)cc1. The monoisotopic (exact) mass is 532 g/mol. The molecule has 0 aliphatic rings. The van der Waals surface area contributed by atoms with Gasteiger partial charge < -0.3 is 9.47 Å². The number of amides is 1. The summed E-state index contributed by atoms with van der Waals surface area (Å²) in [5.74, 6) is 0.206. The fourth-order valence-electron chi connectivity index (χ4n) is 3.54. The summed E-state index contributed by atoms with van der Waals surface area (Å²) in [6, 6.07) is 26.3. The third-order valence-corrected chi connectivity index (χ3v) is 6.64. The van der Waals surface area contributed by atoms with E-state index in [-0.39, 0.29) is 24.2 Å². The summed E-state index contributed by atoms with van der Waals surface area (Å²) in [6.45, 7) is 2.37. The molecular formula is C29H25ClN2O4S. The van der Waals surface area contributed by atoms with Crippen molar-refractivity contribution >= 4 is 52.2 Å². The van der Waals surface area contributed by atoms with Gasteiger partial charge in [0.2, 0.25) is 5.91 Å². The van der Waals surface area contributed by atoms with Crippen LogP contribution in [0.3, 0.4) is 0 Å². The van der Waals surface area contributed by atoms with E-state index in [9.17, 15) is 9.59 Å². The maximum Gasteiger partial charge on any atom is 0.338 e. The Hall–Kier alpha value is -3.81. The van der Waals surface area contributed by atoms with E-state index in [4.69, 9.17) is 21.1 Å². The van der Waals surface area contributed by atoms with Gasteiger partial charge in [0.1, 0.15) is 12.4 Å². The number of hydrogen-bond acceptors (Lipinski definition) is 6. The van der Waals surface area contributed by atoms with Gasteiger partial charge in [-0.2, -0.15) is 5.10 Å². The van der Waals surface area contributed by atoms with Crippen molar-refractivity contribution in [3.05, 3.63) is 107 Å². The molecular weight excluding hydrogens is 508 g/mol. The van der Waals surface area contributed by atoms with E-state index in [0.29, 0.717) is 28.5 Å². The zero-order valence-electron chi connectivity index (χ0n) is 20.1. The third-order valence-electron chi connectivity index (χ3n) is 5.33. The van der Waals surface area contributed by atoms with E-state index in [1.807, 2.05) is 54.6 Å². The molecule has 0 spiro atoms. The molecule has 4 rings (SSSR count). The summed E-state index contributed by atoms with van der Waals surface area (Å²) in [4.78, 5) is 25.2. The number of halogens is 1. The lowest BCUT2D eigenvalue weighted by Gasteiger charge is -2.10. The van der Waals surface area contributed by atoms with Crippen LogP contribution in [0.2, 0.25) is 5.02 Å². The first-order chi connectivity index (χ1) is 18.0. The number of benzene rings is 4. The summed E-state index contributed by atoms with van der Waals surface area (Å²) in [5, 5.41) is 6.86. The maximum atomic E-state index is 12.4. The average molecular weight is 533 g/mol. The molecule has 4 aromatic rings. The number of fused-ring (bicyclic) bond motifs is 1. The number of hydrogen-bond donors (Lipinski definition) is 1. The molecule has 0 saturated carbocycles. The van der Waals surface area contributed by atoms with Crippen molar-refractivity contribution in [3.63, 3.8) is 0 Å². The lowest BCUT2D eigenvalue weighted by atomic mass is 10.1. The van der Waals surface area contributed by atoms with Crippen molar-refractivity contribution in [1.82, 2.24) is 5.43 Å². The molecule has 0 bridgehead atoms. The minimum Gasteiger partial charge on any atom is -0.488 e. The van der Waals surface area contributed by atoms with Crippen LogP contribution >= 0.6 is 23.4 Å². The first-order valence-corrected chi connectivity index (χ1v) is 13.0. The normalized spacial score (nSPS) is 11.0. The lowest BCUT2D eigenvalue weighted by Crippen LogP contribution is -2.19. The Bertz CT molecular complexity index is 1420. The molecule has 0 fully saturated rings. The van der Waals surface area contributed by atoms with Gasteiger partial charge in [-0.3, -0.25) is 4.79 Å². The summed E-state index contributed by atoms with van der Waals surface area (Å²) in [6.07, 6.45) is 1.51. The van der Waals surface area contributed by atoms with E-state index < -0.39 is 0 Å². The number of thioether (sulfide) groups is 1. The number of esters is 1. The molecule has 1 N–H and O–H groups in total. The molecule has 0 unspecified atom stereocenters. The van der Waals surface area contributed by atoms with Crippen LogP contribution in [-0.2, 0) is 16.1 Å². The molecule has 37 heavy (non-hydrogen) atoms. The van der Waals surface area contributed by atoms with E-state index in [1.165, 1.54) is 18.0 Å². The van der Waals surface area contributed by atoms with Crippen molar-refractivity contribution in [3.8, 4) is 5.75 Å². The van der Waals surface area contributed by atoms with Crippen LogP contribution < -0.4 is 10.2 Å². The Morgan fingerprint density at radius 2 is 1.78 bits per heavy atom. The molecule has 1 amide bonds. The fourth-order valence-corrected chi connectivity index (χ4v) is 4.58. The van der Waals surface area contributed by atoms with Gasteiger partial charge in [0.05, 0.1) is 24.1 Å². The molecule has 4 aromatic carbocycles. The second-order valence-corrected chi connectivity index (χ2v) is 9.40. The topological polar surface area (TPSA) is 77.0 Å². The summed E-state index contributed by atoms with van der Waals surface area (Å²) in [5.41, 5.74) is 4.55. The van der Waals surface area contributed by atoms with Gasteiger partial charge in [-0.15, -0.1) is 11.8 Å². The second-order valence-electron chi connectivity index (χ2n) is 7.95. The first-order valence-electron chi connectivity index (χ1n) is 11.6. The number of nitrogens with one attached hydrogen (secondary N) is 1. The van der Waals surface area contributed by atoms with E-state index in [2.05, 4.69) is 10.5 Å². The number of nitrogens with zero attached hydrogens (tertiary/aromatic N) is 1. The van der Waals surface area contributed by atoms with Crippen LogP contribution in [0.1, 0.15) is 28.4 Å². The predicted octanol–water partition coefficient (Wildman–Crippen LogP) is 6.49. The molecule has 0 aliphatic heterocycles. The van der Waals surface area contributed by atoms with Crippen molar-refractivity contribution in [2.24, 2.45) is 5.10 Å². The minimum atomic E-state index is -0.358. The molecule has 0 aromatic heterocycles. The van der Waals surface area contributed by atoms with Crippen LogP contribution in [0.25, 0.3) is 10.8 Å². The van der Waals surface area contributed by atoms with Crippen LogP contribution in [0.4, 0.5) is 0 Å². The van der Waals surface area contributed by atoms with E-state index >= 15 is 0 Å². The number of carbonyl (C=O) groups excluding carboxylic acids is 2. The smallest absolute Gasteiger partial charge is 0.338 e. The standard InChI is InChI=1S/C29H25ClN2O4S/c1-2-35-29(34)22-12-10-20(11-13-22)18-36-26-15-14-24(30)16-23(26)17-31-32-28(33)19-37-27-9-5-7-21-6-3-4-8-25(21)27/h3-17H,2,18-19H2,1H3,(H,32,33). The molecule has 6 nitrogen and oxygen atoms in total. The van der Waals surface area contributed by atoms with Gasteiger partial charge >= 0.3 is 5.97 Å². The second kappa shape index (κ2) is 12.9. The van der Waals surface area contributed by atoms with Gasteiger partial charge in [0.15, 0.2) is 0 Å². The molecule has 0 atom stereocenters. The van der Waals surface area contributed by atoms with E-state index in [1.54, 1.807) is 37.3 Å². The number of rotatable bonds is 10. The van der Waals surface area contributed by atoms with Crippen LogP contribution in [0.5, 0.6) is 5.75 Å². The lowest BCUT2D eigenvalue weighted by molar-refractivity contribution is -0.118.